The lowest BCUT2D eigenvalue weighted by atomic mass is 10.0. The molecule has 0 radical (unpaired) electrons. The van der Waals surface area contributed by atoms with Crippen molar-refractivity contribution < 1.29 is 14.3 Å². The first-order valence-corrected chi connectivity index (χ1v) is 21.3. The van der Waals surface area contributed by atoms with Gasteiger partial charge in [-0.1, -0.05) is 142 Å². The molecule has 2 saturated heterocycles. The summed E-state index contributed by atoms with van der Waals surface area (Å²) in [6.07, 6.45) is 35.6. The van der Waals surface area contributed by atoms with Crippen LogP contribution in [0.2, 0.25) is 0 Å². The van der Waals surface area contributed by atoms with Crippen LogP contribution in [0.3, 0.4) is 0 Å². The van der Waals surface area contributed by atoms with E-state index in [1.54, 1.807) is 0 Å². The van der Waals surface area contributed by atoms with Gasteiger partial charge in [0.2, 0.25) is 5.91 Å². The van der Waals surface area contributed by atoms with Crippen LogP contribution in [-0.2, 0) is 14.3 Å². The monoisotopic (exact) mass is 653 g/mol. The van der Waals surface area contributed by atoms with Crippen molar-refractivity contribution in [2.75, 3.05) is 13.2 Å². The number of rotatable bonds is 33. The van der Waals surface area contributed by atoms with Gasteiger partial charge in [-0.2, -0.15) is 23.5 Å². The minimum absolute atomic E-state index is 0.0892. The zero-order valence-electron chi connectivity index (χ0n) is 29.1. The minimum atomic E-state index is -0.121. The van der Waals surface area contributed by atoms with Gasteiger partial charge in [-0.3, -0.25) is 9.59 Å². The van der Waals surface area contributed by atoms with E-state index in [1.165, 1.54) is 141 Å². The van der Waals surface area contributed by atoms with Gasteiger partial charge in [-0.05, 0) is 38.5 Å². The number of unbranched alkanes of at least 4 members (excludes halogenated alkanes) is 18. The summed E-state index contributed by atoms with van der Waals surface area (Å²) in [7, 11) is 0. The molecule has 2 rings (SSSR count). The predicted molar refractivity (Wildman–Crippen MR) is 195 cm³/mol. The fourth-order valence-electron chi connectivity index (χ4n) is 6.45. The van der Waals surface area contributed by atoms with E-state index in [4.69, 9.17) is 4.74 Å². The number of amides is 1. The van der Waals surface area contributed by atoms with E-state index in [2.05, 4.69) is 42.7 Å². The van der Waals surface area contributed by atoms with Gasteiger partial charge in [-0.15, -0.1) is 0 Å². The van der Waals surface area contributed by atoms with Gasteiger partial charge in [0.1, 0.15) is 6.61 Å². The first-order valence-electron chi connectivity index (χ1n) is 19.4. The molecule has 0 aromatic heterocycles. The van der Waals surface area contributed by atoms with Crippen molar-refractivity contribution >= 4 is 35.4 Å². The Bertz CT molecular complexity index is 648. The van der Waals surface area contributed by atoms with Crippen LogP contribution < -0.4 is 5.32 Å². The van der Waals surface area contributed by atoms with Crippen molar-refractivity contribution in [2.45, 2.75) is 215 Å². The van der Waals surface area contributed by atoms with Crippen LogP contribution in [0.1, 0.15) is 194 Å². The van der Waals surface area contributed by atoms with Crippen molar-refractivity contribution in [1.82, 2.24) is 5.32 Å². The van der Waals surface area contributed by atoms with Gasteiger partial charge in [-0.25, -0.2) is 0 Å². The largest absolute Gasteiger partial charge is 0.464 e. The lowest BCUT2D eigenvalue weighted by molar-refractivity contribution is -0.144. The van der Waals surface area contributed by atoms with E-state index < -0.39 is 0 Å². The van der Waals surface area contributed by atoms with Crippen LogP contribution in [0.25, 0.3) is 0 Å². The van der Waals surface area contributed by atoms with Gasteiger partial charge < -0.3 is 10.1 Å². The summed E-state index contributed by atoms with van der Waals surface area (Å²) in [5.74, 6) is -0.0317. The summed E-state index contributed by atoms with van der Waals surface area (Å²) in [5.41, 5.74) is 0. The molecule has 2 fully saturated rings. The zero-order chi connectivity index (χ0) is 31.5. The summed E-state index contributed by atoms with van der Waals surface area (Å²) in [5, 5.41) is 6.71. The Kier molecular flexibility index (Phi) is 25.1. The van der Waals surface area contributed by atoms with Crippen LogP contribution >= 0.6 is 23.5 Å². The molecule has 1 amide bonds. The van der Waals surface area contributed by atoms with Gasteiger partial charge in [0.05, 0.1) is 6.54 Å². The van der Waals surface area contributed by atoms with E-state index in [9.17, 15) is 9.59 Å². The molecule has 0 aromatic rings. The molecule has 2 heterocycles. The molecule has 2 aliphatic rings. The van der Waals surface area contributed by atoms with E-state index in [0.717, 1.165) is 46.7 Å². The van der Waals surface area contributed by atoms with Gasteiger partial charge >= 0.3 is 5.97 Å². The van der Waals surface area contributed by atoms with E-state index in [0.29, 0.717) is 26.0 Å². The second-order valence-electron chi connectivity index (χ2n) is 13.7. The number of thioether (sulfide) groups is 2. The van der Waals surface area contributed by atoms with Crippen molar-refractivity contribution in [3.8, 4) is 0 Å². The number of carbonyl (C=O) groups is 2. The lowest BCUT2D eigenvalue weighted by Gasteiger charge is -2.07. The topological polar surface area (TPSA) is 55.4 Å². The summed E-state index contributed by atoms with van der Waals surface area (Å²) >= 11 is 4.43. The summed E-state index contributed by atoms with van der Waals surface area (Å²) in [6.45, 7) is 5.30. The highest BCUT2D eigenvalue weighted by Crippen LogP contribution is 2.48. The van der Waals surface area contributed by atoms with Crippen molar-refractivity contribution in [1.29, 1.82) is 0 Å². The van der Waals surface area contributed by atoms with Crippen LogP contribution in [0.4, 0.5) is 0 Å². The molecule has 258 valence electrons. The number of ether oxygens (including phenoxy) is 1. The second-order valence-corrected chi connectivity index (χ2v) is 16.7. The molecule has 0 bridgehead atoms. The average Bonchev–Trinajstić information content (AvgIpc) is 3.95. The molecule has 6 heteroatoms. The van der Waals surface area contributed by atoms with Crippen LogP contribution in [0, 0.1) is 0 Å². The smallest absolute Gasteiger partial charge is 0.305 e. The Morgan fingerprint density at radius 1 is 0.500 bits per heavy atom. The van der Waals surface area contributed by atoms with Crippen molar-refractivity contribution in [2.24, 2.45) is 0 Å². The third kappa shape index (κ3) is 23.0. The molecule has 44 heavy (non-hydrogen) atoms. The van der Waals surface area contributed by atoms with Crippen LogP contribution in [-0.4, -0.2) is 46.0 Å². The molecule has 4 unspecified atom stereocenters. The Morgan fingerprint density at radius 2 is 0.864 bits per heavy atom. The number of nitrogens with one attached hydrogen (secondary N) is 1. The van der Waals surface area contributed by atoms with E-state index in [1.807, 2.05) is 0 Å². The second kappa shape index (κ2) is 27.7. The highest BCUT2D eigenvalue weighted by Gasteiger charge is 2.37. The number of esters is 1. The predicted octanol–water partition coefficient (Wildman–Crippen LogP) is 11.6. The summed E-state index contributed by atoms with van der Waals surface area (Å²) in [6, 6.07) is 0. The minimum Gasteiger partial charge on any atom is -0.464 e. The van der Waals surface area contributed by atoms with Crippen molar-refractivity contribution in [3.63, 3.8) is 0 Å². The molecule has 4 nitrogen and oxygen atoms in total. The molecule has 2 aliphatic heterocycles. The molecule has 0 aromatic carbocycles. The molecule has 0 saturated carbocycles. The van der Waals surface area contributed by atoms with E-state index in [-0.39, 0.29) is 11.9 Å². The van der Waals surface area contributed by atoms with E-state index >= 15 is 0 Å². The first kappa shape index (κ1) is 39.8. The quantitative estimate of drug-likeness (QED) is 0.0434. The Morgan fingerprint density at radius 3 is 1.30 bits per heavy atom. The normalized spacial score (nSPS) is 20.5. The maximum atomic E-state index is 12.1. The standard InChI is InChI=1S/C38H71NO3S2/c1-3-5-7-9-13-19-25-33-35(43-33)27-21-15-11-17-23-29-37(40)39-31-32-42-38(41)30-24-18-12-16-22-28-36-34(44-36)26-20-14-10-8-6-4-2/h33-36H,3-32H2,1-2H3,(H,39,40). The maximum Gasteiger partial charge on any atom is 0.305 e. The Hall–Kier alpha value is -0.360. The number of hydrogen-bond donors (Lipinski definition) is 1. The maximum absolute atomic E-state index is 12.1. The van der Waals surface area contributed by atoms with Crippen LogP contribution in [0.5, 0.6) is 0 Å². The summed E-state index contributed by atoms with van der Waals surface area (Å²) < 4.78 is 5.32. The van der Waals surface area contributed by atoms with Gasteiger partial charge in [0.15, 0.2) is 0 Å². The summed E-state index contributed by atoms with van der Waals surface area (Å²) in [4.78, 5) is 24.0. The number of hydrogen-bond acceptors (Lipinski definition) is 5. The molecule has 1 N–H and O–H groups in total. The van der Waals surface area contributed by atoms with Gasteiger partial charge in [0, 0.05) is 33.8 Å². The Labute approximate surface area is 281 Å². The molecular formula is C38H71NO3S2. The molecular weight excluding hydrogens is 583 g/mol. The average molecular weight is 654 g/mol. The third-order valence-electron chi connectivity index (χ3n) is 9.51. The lowest BCUT2D eigenvalue weighted by Crippen LogP contribution is -2.27. The molecule has 0 aliphatic carbocycles. The fraction of sp³-hybridized carbons (Fsp3) is 0.947. The zero-order valence-corrected chi connectivity index (χ0v) is 30.7. The molecule has 4 atom stereocenters. The highest BCUT2D eigenvalue weighted by molar-refractivity contribution is 8.07. The van der Waals surface area contributed by atoms with Gasteiger partial charge in [0.25, 0.3) is 0 Å². The van der Waals surface area contributed by atoms with Crippen LogP contribution in [0.15, 0.2) is 0 Å². The first-order chi connectivity index (χ1) is 21.6. The molecule has 0 spiro atoms. The third-order valence-corrected chi connectivity index (χ3v) is 12.5. The highest BCUT2D eigenvalue weighted by atomic mass is 32.2. The Balaban J connectivity index is 1.24. The van der Waals surface area contributed by atoms with Crippen molar-refractivity contribution in [3.05, 3.63) is 0 Å². The fourth-order valence-corrected chi connectivity index (χ4v) is 8.92. The number of carbonyl (C=O) groups excluding carboxylic acids is 2. The SMILES string of the molecule is CCCCCCCCC1SC1CCCCCCCC(=O)NCCOC(=O)CCCCCCCC1SC1CCCCCCCC.